The first kappa shape index (κ1) is 23.4. The van der Waals surface area contributed by atoms with Crippen molar-refractivity contribution in [3.63, 3.8) is 0 Å². The molecule has 0 spiro atoms. The topological polar surface area (TPSA) is 84.8 Å². The van der Waals surface area contributed by atoms with Gasteiger partial charge >= 0.3 is 0 Å². The Bertz CT molecular complexity index is 1350. The third-order valence-corrected chi connectivity index (χ3v) is 7.76. The van der Waals surface area contributed by atoms with Crippen molar-refractivity contribution in [1.29, 1.82) is 0 Å². The summed E-state index contributed by atoms with van der Waals surface area (Å²) < 4.78 is 7.83. The van der Waals surface area contributed by atoms with Crippen LogP contribution in [0, 0.1) is 24.0 Å². The van der Waals surface area contributed by atoms with E-state index < -0.39 is 0 Å². The van der Waals surface area contributed by atoms with Gasteiger partial charge in [-0.05, 0) is 68.7 Å². The van der Waals surface area contributed by atoms with Crippen molar-refractivity contribution in [3.05, 3.63) is 80.4 Å². The van der Waals surface area contributed by atoms with Crippen molar-refractivity contribution in [2.45, 2.75) is 33.2 Å². The summed E-state index contributed by atoms with van der Waals surface area (Å²) in [5.41, 5.74) is 4.17. The zero-order chi connectivity index (χ0) is 24.7. The summed E-state index contributed by atoms with van der Waals surface area (Å²) in [6.45, 7) is 5.87. The molecular formula is C25H24N4O4S2. The van der Waals surface area contributed by atoms with E-state index in [1.165, 1.54) is 16.7 Å². The third kappa shape index (κ3) is 4.39. The molecule has 0 N–H and O–H groups in total. The largest absolute Gasteiger partial charge is 0.467 e. The zero-order valence-corrected chi connectivity index (χ0v) is 21.0. The average Bonchev–Trinajstić information content (AvgIpc) is 3.62. The molecule has 1 aromatic carbocycles. The normalized spacial score (nSPS) is 17.3. The minimum atomic E-state index is -0.309. The van der Waals surface area contributed by atoms with Gasteiger partial charge in [-0.25, -0.2) is 0 Å². The number of hydrogen-bond acceptors (Lipinski definition) is 7. The Balaban J connectivity index is 1.46. The van der Waals surface area contributed by atoms with Crippen LogP contribution >= 0.6 is 24.0 Å². The quantitative estimate of drug-likeness (QED) is 0.186. The SMILES string of the molecule is Cc1cc(/C=C2\SC(=S)N(Cc3ccco3)C2=O)c(C)n1-c1ccc(N2CCCC2)c([N+](=O)[O-])c1. The molecule has 4 heterocycles. The lowest BCUT2D eigenvalue weighted by atomic mass is 10.2. The van der Waals surface area contributed by atoms with Crippen LogP contribution in [0.5, 0.6) is 0 Å². The molecule has 0 unspecified atom stereocenters. The van der Waals surface area contributed by atoms with Gasteiger partial charge in [-0.2, -0.15) is 0 Å². The van der Waals surface area contributed by atoms with Gasteiger partial charge in [-0.3, -0.25) is 19.8 Å². The molecule has 8 nitrogen and oxygen atoms in total. The number of aryl methyl sites for hydroxylation is 1. The van der Waals surface area contributed by atoms with Gasteiger partial charge in [0.2, 0.25) is 0 Å². The number of thiocarbonyl (C=S) groups is 1. The second-order valence-electron chi connectivity index (χ2n) is 8.63. The second-order valence-corrected chi connectivity index (χ2v) is 10.3. The molecule has 3 aromatic rings. The number of nitro benzene ring substituents is 1. The number of aromatic nitrogens is 1. The van der Waals surface area contributed by atoms with Gasteiger partial charge in [0, 0.05) is 30.5 Å². The van der Waals surface area contributed by atoms with Crippen LogP contribution in [0.1, 0.15) is 35.6 Å². The number of nitro groups is 1. The maximum absolute atomic E-state index is 13.0. The van der Waals surface area contributed by atoms with E-state index in [0.717, 1.165) is 48.6 Å². The number of thioether (sulfide) groups is 1. The Labute approximate surface area is 212 Å². The van der Waals surface area contributed by atoms with Crippen molar-refractivity contribution < 1.29 is 14.1 Å². The standard InChI is InChI=1S/C25H24N4O4S2/c1-16-12-18(13-23-24(30)27(25(34)35-23)15-20-6-5-11-33-20)17(2)28(16)19-7-8-21(22(14-19)29(31)32)26-9-3-4-10-26/h5-8,11-14H,3-4,9-10,15H2,1-2H3/b23-13-. The van der Waals surface area contributed by atoms with Crippen LogP contribution in [-0.2, 0) is 11.3 Å². The van der Waals surface area contributed by atoms with Gasteiger partial charge in [-0.1, -0.05) is 24.0 Å². The van der Waals surface area contributed by atoms with Gasteiger partial charge < -0.3 is 13.9 Å². The molecule has 1 amide bonds. The first-order valence-electron chi connectivity index (χ1n) is 11.3. The summed E-state index contributed by atoms with van der Waals surface area (Å²) in [7, 11) is 0. The Hall–Kier alpha value is -3.37. The fraction of sp³-hybridized carbons (Fsp3) is 0.280. The molecule has 2 saturated heterocycles. The van der Waals surface area contributed by atoms with Crippen LogP contribution in [0.3, 0.4) is 0 Å². The summed E-state index contributed by atoms with van der Waals surface area (Å²) in [5, 5.41) is 11.9. The van der Waals surface area contributed by atoms with E-state index in [9.17, 15) is 14.9 Å². The number of hydrogen-bond donors (Lipinski definition) is 0. The van der Waals surface area contributed by atoms with E-state index in [1.54, 1.807) is 18.4 Å². The lowest BCUT2D eigenvalue weighted by Gasteiger charge is -2.19. The molecule has 5 rings (SSSR count). The highest BCUT2D eigenvalue weighted by Crippen LogP contribution is 2.37. The first-order chi connectivity index (χ1) is 16.8. The fourth-order valence-corrected chi connectivity index (χ4v) is 5.94. The molecule has 0 atom stereocenters. The van der Waals surface area contributed by atoms with Gasteiger partial charge in [0.1, 0.15) is 15.8 Å². The molecule has 0 aliphatic carbocycles. The number of anilines is 1. The number of benzene rings is 1. The van der Waals surface area contributed by atoms with Crippen molar-refractivity contribution in [3.8, 4) is 5.69 Å². The number of carbonyl (C=O) groups is 1. The van der Waals surface area contributed by atoms with E-state index >= 15 is 0 Å². The number of furan rings is 1. The maximum Gasteiger partial charge on any atom is 0.294 e. The Kier molecular flexibility index (Phi) is 6.24. The van der Waals surface area contributed by atoms with Gasteiger partial charge in [0.15, 0.2) is 0 Å². The summed E-state index contributed by atoms with van der Waals surface area (Å²) in [6, 6.07) is 11.0. The Morgan fingerprint density at radius 3 is 2.66 bits per heavy atom. The molecule has 2 aliphatic heterocycles. The summed E-state index contributed by atoms with van der Waals surface area (Å²) in [4.78, 5) is 28.7. The molecule has 0 saturated carbocycles. The number of amides is 1. The minimum absolute atomic E-state index is 0.109. The van der Waals surface area contributed by atoms with E-state index in [4.69, 9.17) is 16.6 Å². The van der Waals surface area contributed by atoms with Crippen LogP contribution in [0.2, 0.25) is 0 Å². The highest BCUT2D eigenvalue weighted by Gasteiger charge is 2.33. The summed E-state index contributed by atoms with van der Waals surface area (Å²) in [6.07, 6.45) is 5.50. The van der Waals surface area contributed by atoms with Crippen LogP contribution < -0.4 is 4.90 Å². The molecule has 0 bridgehead atoms. The van der Waals surface area contributed by atoms with E-state index in [1.807, 2.05) is 48.8 Å². The molecule has 2 aliphatic rings. The van der Waals surface area contributed by atoms with Crippen LogP contribution in [0.25, 0.3) is 11.8 Å². The first-order valence-corrected chi connectivity index (χ1v) is 12.6. The molecule has 35 heavy (non-hydrogen) atoms. The molecule has 2 aromatic heterocycles. The number of nitrogens with zero attached hydrogens (tertiary/aromatic N) is 4. The lowest BCUT2D eigenvalue weighted by Crippen LogP contribution is -2.27. The van der Waals surface area contributed by atoms with Crippen LogP contribution in [0.15, 0.2) is 52.0 Å². The molecule has 180 valence electrons. The van der Waals surface area contributed by atoms with Gasteiger partial charge in [-0.15, -0.1) is 0 Å². The fourth-order valence-electron chi connectivity index (χ4n) is 4.69. The van der Waals surface area contributed by atoms with Crippen molar-refractivity contribution in [2.75, 3.05) is 18.0 Å². The van der Waals surface area contributed by atoms with Gasteiger partial charge in [0.05, 0.1) is 28.3 Å². The second kappa shape index (κ2) is 9.35. The molecule has 2 fully saturated rings. The van der Waals surface area contributed by atoms with Crippen LogP contribution in [-0.4, -0.2) is 37.7 Å². The van der Waals surface area contributed by atoms with Crippen molar-refractivity contribution in [1.82, 2.24) is 9.47 Å². The monoisotopic (exact) mass is 508 g/mol. The van der Waals surface area contributed by atoms with Crippen LogP contribution in [0.4, 0.5) is 11.4 Å². The lowest BCUT2D eigenvalue weighted by molar-refractivity contribution is -0.384. The zero-order valence-electron chi connectivity index (χ0n) is 19.4. The van der Waals surface area contributed by atoms with Crippen molar-refractivity contribution in [2.24, 2.45) is 0 Å². The number of rotatable bonds is 6. The Morgan fingerprint density at radius 1 is 1.20 bits per heavy atom. The third-order valence-electron chi connectivity index (χ3n) is 6.39. The molecule has 0 radical (unpaired) electrons. The van der Waals surface area contributed by atoms with E-state index in [-0.39, 0.29) is 16.5 Å². The Morgan fingerprint density at radius 2 is 1.97 bits per heavy atom. The summed E-state index contributed by atoms with van der Waals surface area (Å²) >= 11 is 6.70. The molecule has 10 heteroatoms. The number of carbonyl (C=O) groups excluding carboxylic acids is 1. The summed E-state index contributed by atoms with van der Waals surface area (Å²) in [5.74, 6) is 0.506. The highest BCUT2D eigenvalue weighted by atomic mass is 32.2. The smallest absolute Gasteiger partial charge is 0.294 e. The maximum atomic E-state index is 13.0. The average molecular weight is 509 g/mol. The minimum Gasteiger partial charge on any atom is -0.467 e. The predicted molar refractivity (Wildman–Crippen MR) is 141 cm³/mol. The van der Waals surface area contributed by atoms with E-state index in [2.05, 4.69) is 4.90 Å². The van der Waals surface area contributed by atoms with E-state index in [0.29, 0.717) is 27.2 Å². The van der Waals surface area contributed by atoms with Crippen molar-refractivity contribution >= 4 is 51.7 Å². The van der Waals surface area contributed by atoms with Gasteiger partial charge in [0.25, 0.3) is 11.6 Å². The predicted octanol–water partition coefficient (Wildman–Crippen LogP) is 5.60. The highest BCUT2D eigenvalue weighted by molar-refractivity contribution is 8.26. The molecular weight excluding hydrogens is 484 g/mol.